The van der Waals surface area contributed by atoms with Crippen LogP contribution in [-0.2, 0) is 5.34 Å². The van der Waals surface area contributed by atoms with E-state index >= 15 is 0 Å². The van der Waals surface area contributed by atoms with Crippen molar-refractivity contribution in [1.29, 1.82) is 0 Å². The number of pyridine rings is 1. The van der Waals surface area contributed by atoms with Gasteiger partial charge in [0.05, 0.1) is 10.9 Å². The number of hydrogen-bond donors (Lipinski definition) is 0. The highest BCUT2D eigenvalue weighted by atomic mass is 35.5. The Labute approximate surface area is 172 Å². The van der Waals surface area contributed by atoms with Gasteiger partial charge in [0.2, 0.25) is 11.9 Å². The van der Waals surface area contributed by atoms with Gasteiger partial charge in [0.1, 0.15) is 21.4 Å². The van der Waals surface area contributed by atoms with Crippen molar-refractivity contribution in [2.45, 2.75) is 5.34 Å². The zero-order chi connectivity index (χ0) is 20.8. The highest BCUT2D eigenvalue weighted by Crippen LogP contribution is 2.28. The fourth-order valence-corrected chi connectivity index (χ4v) is 3.46. The van der Waals surface area contributed by atoms with Gasteiger partial charge in [-0.1, -0.05) is 41.9 Å². The molecule has 142 valence electrons. The second-order valence-corrected chi connectivity index (χ2v) is 7.59. The summed E-state index contributed by atoms with van der Waals surface area (Å²) >= 11 is 5.99. The summed E-state index contributed by atoms with van der Waals surface area (Å²) < 4.78 is 29.1. The van der Waals surface area contributed by atoms with Crippen molar-refractivity contribution in [3.05, 3.63) is 93.5 Å². The molecule has 0 atom stereocenters. The van der Waals surface area contributed by atoms with Gasteiger partial charge in [-0.3, -0.25) is 4.79 Å². The van der Waals surface area contributed by atoms with Crippen molar-refractivity contribution < 1.29 is 8.78 Å². The molecule has 0 amide bonds. The Morgan fingerprint density at radius 1 is 0.931 bits per heavy atom. The number of fused-ring (bicyclic) bond motifs is 1. The first-order valence-corrected chi connectivity index (χ1v) is 9.28. The molecule has 0 aliphatic carbocycles. The number of benzene rings is 2. The minimum atomic E-state index is -0.989. The van der Waals surface area contributed by atoms with E-state index in [2.05, 4.69) is 10.1 Å². The van der Waals surface area contributed by atoms with Gasteiger partial charge in [-0.15, -0.1) is 0 Å². The maximum Gasteiger partial charge on any atom is 0.274 e. The Hall–Kier alpha value is -2.99. The first kappa shape index (κ1) is 19.3. The predicted molar refractivity (Wildman–Crippen MR) is 115 cm³/mol. The van der Waals surface area contributed by atoms with Crippen LogP contribution in [0.2, 0.25) is 5.02 Å². The minimum Gasteiger partial charge on any atom is -0.267 e. The second-order valence-electron chi connectivity index (χ2n) is 7.15. The lowest BCUT2D eigenvalue weighted by Crippen LogP contribution is -2.45. The monoisotopic (exact) mass is 407 g/mol. The molecule has 4 rings (SSSR count). The average Bonchev–Trinajstić information content (AvgIpc) is 2.69. The van der Waals surface area contributed by atoms with Gasteiger partial charge < -0.3 is 0 Å². The van der Waals surface area contributed by atoms with Gasteiger partial charge in [0.15, 0.2) is 0 Å². The van der Waals surface area contributed by atoms with Crippen LogP contribution in [0.1, 0.15) is 5.56 Å². The van der Waals surface area contributed by atoms with Crippen molar-refractivity contribution in [1.82, 2.24) is 14.8 Å². The summed E-state index contributed by atoms with van der Waals surface area (Å²) in [6.45, 7) is 0. The SMILES string of the molecule is BC(B)(c1ccc(Cl)cc1)n1nc(-c2ccc(F)nc2F)c2ccccc2c1=O. The van der Waals surface area contributed by atoms with Crippen LogP contribution in [-0.4, -0.2) is 30.5 Å². The average molecular weight is 407 g/mol. The van der Waals surface area contributed by atoms with E-state index in [-0.39, 0.29) is 16.8 Å². The molecule has 0 fully saturated rings. The smallest absolute Gasteiger partial charge is 0.267 e. The minimum absolute atomic E-state index is 0.0169. The summed E-state index contributed by atoms with van der Waals surface area (Å²) in [5.41, 5.74) is 0.714. The number of rotatable bonds is 3. The standard InChI is InChI=1S/C20H14B2ClF2N3O/c21-20(22,11-5-7-12(23)8-6-11)28-19(29)14-4-2-1-3-13(14)17(27-28)15-9-10-16(24)26-18(15)25/h1-10H,21-22H2. The molecule has 2 aromatic heterocycles. The molecule has 0 bridgehead atoms. The normalized spacial score (nSPS) is 11.7. The summed E-state index contributed by atoms with van der Waals surface area (Å²) in [5.74, 6) is -1.91. The van der Waals surface area contributed by atoms with Gasteiger partial charge in [-0.05, 0) is 35.9 Å². The third kappa shape index (κ3) is 3.34. The molecule has 0 saturated carbocycles. The Bertz CT molecular complexity index is 1290. The van der Waals surface area contributed by atoms with Crippen LogP contribution in [0.4, 0.5) is 8.78 Å². The van der Waals surface area contributed by atoms with Gasteiger partial charge in [-0.2, -0.15) is 18.9 Å². The van der Waals surface area contributed by atoms with Crippen LogP contribution in [0, 0.1) is 11.9 Å². The Morgan fingerprint density at radius 2 is 1.59 bits per heavy atom. The Balaban J connectivity index is 2.05. The third-order valence-corrected chi connectivity index (χ3v) is 5.21. The summed E-state index contributed by atoms with van der Waals surface area (Å²) in [5, 5.41) is 5.06. The van der Waals surface area contributed by atoms with Crippen LogP contribution in [0.15, 0.2) is 65.5 Å². The molecule has 4 aromatic rings. The van der Waals surface area contributed by atoms with Crippen molar-refractivity contribution in [2.24, 2.45) is 0 Å². The second kappa shape index (κ2) is 7.12. The fourth-order valence-electron chi connectivity index (χ4n) is 3.34. The zero-order valence-corrected chi connectivity index (χ0v) is 16.4. The lowest BCUT2D eigenvalue weighted by Gasteiger charge is -2.28. The van der Waals surface area contributed by atoms with E-state index in [4.69, 9.17) is 11.6 Å². The molecule has 9 heteroatoms. The van der Waals surface area contributed by atoms with Gasteiger partial charge in [-0.25, -0.2) is 4.68 Å². The van der Waals surface area contributed by atoms with Crippen molar-refractivity contribution in [3.63, 3.8) is 0 Å². The van der Waals surface area contributed by atoms with Crippen molar-refractivity contribution in [2.75, 3.05) is 0 Å². The number of nitrogens with zero attached hydrogens (tertiary/aromatic N) is 3. The molecule has 0 radical (unpaired) electrons. The van der Waals surface area contributed by atoms with Crippen molar-refractivity contribution >= 4 is 38.1 Å². The summed E-state index contributed by atoms with van der Waals surface area (Å²) in [6.07, 6.45) is 0. The fraction of sp³-hybridized carbons (Fsp3) is 0.0500. The molecule has 0 unspecified atom stereocenters. The Morgan fingerprint density at radius 3 is 2.24 bits per heavy atom. The number of halogens is 3. The molecule has 0 saturated heterocycles. The van der Waals surface area contributed by atoms with Gasteiger partial charge in [0.25, 0.3) is 5.56 Å². The van der Waals surface area contributed by atoms with E-state index in [1.54, 1.807) is 36.4 Å². The molecular formula is C20H14B2ClF2N3O. The predicted octanol–water partition coefficient (Wildman–Crippen LogP) is 2.31. The number of aromatic nitrogens is 3. The molecule has 4 nitrogen and oxygen atoms in total. The van der Waals surface area contributed by atoms with Crippen LogP contribution < -0.4 is 5.56 Å². The maximum atomic E-state index is 14.5. The van der Waals surface area contributed by atoms with E-state index < -0.39 is 17.2 Å². The maximum absolute atomic E-state index is 14.5. The lowest BCUT2D eigenvalue weighted by atomic mass is 9.58. The molecule has 0 spiro atoms. The quantitative estimate of drug-likeness (QED) is 0.387. The first-order chi connectivity index (χ1) is 13.8. The highest BCUT2D eigenvalue weighted by Gasteiger charge is 2.28. The Kier molecular flexibility index (Phi) is 4.74. The van der Waals surface area contributed by atoms with Gasteiger partial charge in [0, 0.05) is 15.7 Å². The molecular weight excluding hydrogens is 393 g/mol. The van der Waals surface area contributed by atoms with Gasteiger partial charge >= 0.3 is 0 Å². The molecule has 2 heterocycles. The molecule has 29 heavy (non-hydrogen) atoms. The summed E-state index contributed by atoms with van der Waals surface area (Å²) in [6, 6.07) is 16.2. The zero-order valence-electron chi connectivity index (χ0n) is 15.7. The van der Waals surface area contributed by atoms with E-state index in [1.165, 1.54) is 10.7 Å². The van der Waals surface area contributed by atoms with E-state index in [1.807, 2.05) is 27.8 Å². The molecule has 0 aliphatic heterocycles. The van der Waals surface area contributed by atoms with Crippen molar-refractivity contribution in [3.8, 4) is 11.3 Å². The molecule has 0 N–H and O–H groups in total. The first-order valence-electron chi connectivity index (χ1n) is 8.90. The topological polar surface area (TPSA) is 47.8 Å². The van der Waals surface area contributed by atoms with Crippen LogP contribution in [0.3, 0.4) is 0 Å². The van der Waals surface area contributed by atoms with E-state index in [0.717, 1.165) is 11.6 Å². The summed E-state index contributed by atoms with van der Waals surface area (Å²) in [7, 11) is 3.67. The lowest BCUT2D eigenvalue weighted by molar-refractivity contribution is 0.513. The summed E-state index contributed by atoms with van der Waals surface area (Å²) in [4.78, 5) is 16.5. The molecule has 2 aromatic carbocycles. The highest BCUT2D eigenvalue weighted by molar-refractivity contribution is 6.40. The van der Waals surface area contributed by atoms with Crippen LogP contribution in [0.25, 0.3) is 22.0 Å². The number of hydrogen-bond acceptors (Lipinski definition) is 3. The molecule has 0 aliphatic rings. The largest absolute Gasteiger partial charge is 0.274 e. The van der Waals surface area contributed by atoms with Crippen LogP contribution >= 0.6 is 11.6 Å². The van der Waals surface area contributed by atoms with Crippen LogP contribution in [0.5, 0.6) is 0 Å². The third-order valence-electron chi connectivity index (χ3n) is 4.96. The van der Waals surface area contributed by atoms with E-state index in [9.17, 15) is 13.6 Å². The van der Waals surface area contributed by atoms with E-state index in [0.29, 0.717) is 15.8 Å².